The van der Waals surface area contributed by atoms with Crippen molar-refractivity contribution >= 4 is 20.9 Å². The van der Waals surface area contributed by atoms with Crippen LogP contribution >= 0.6 is 0 Å². The highest BCUT2D eigenvalue weighted by Gasteiger charge is 2.54. The third-order valence-electron chi connectivity index (χ3n) is 4.23. The molecule has 1 rings (SSSR count). The van der Waals surface area contributed by atoms with Gasteiger partial charge in [0.2, 0.25) is 0 Å². The molecular formula is C18H30B3N3. The van der Waals surface area contributed by atoms with Crippen LogP contribution < -0.4 is 0 Å². The number of rotatable bonds is 6. The van der Waals surface area contributed by atoms with Gasteiger partial charge in [0.15, 0.2) is 0 Å². The molecule has 0 N–H and O–H groups in total. The van der Waals surface area contributed by atoms with E-state index < -0.39 is 0 Å². The summed E-state index contributed by atoms with van der Waals surface area (Å²) in [6, 6.07) is 0. The van der Waals surface area contributed by atoms with Gasteiger partial charge in [-0.2, -0.15) is 0 Å². The van der Waals surface area contributed by atoms with E-state index >= 15 is 0 Å². The predicted octanol–water partition coefficient (Wildman–Crippen LogP) is 4.32. The Morgan fingerprint density at radius 2 is 0.625 bits per heavy atom. The molecule has 0 aromatic rings. The van der Waals surface area contributed by atoms with E-state index in [-0.39, 0.29) is 20.9 Å². The first kappa shape index (κ1) is 20.1. The summed E-state index contributed by atoms with van der Waals surface area (Å²) in [4.78, 5) is 0. The van der Waals surface area contributed by atoms with Crippen molar-refractivity contribution in [2.24, 2.45) is 0 Å². The van der Waals surface area contributed by atoms with Crippen LogP contribution in [0.1, 0.15) is 41.5 Å². The van der Waals surface area contributed by atoms with E-state index in [1.54, 1.807) is 0 Å². The van der Waals surface area contributed by atoms with Crippen LogP contribution in [0.3, 0.4) is 0 Å². The smallest absolute Gasteiger partial charge is 0.383 e. The van der Waals surface area contributed by atoms with Crippen LogP contribution in [0.5, 0.6) is 0 Å². The first-order chi connectivity index (χ1) is 10.9. The molecule has 6 heteroatoms. The van der Waals surface area contributed by atoms with Gasteiger partial charge in [-0.05, 0) is 58.6 Å². The third-order valence-corrected chi connectivity index (χ3v) is 4.23. The van der Waals surface area contributed by atoms with Crippen molar-refractivity contribution in [3.63, 3.8) is 0 Å². The molecule has 0 atom stereocenters. The molecule has 0 spiro atoms. The van der Waals surface area contributed by atoms with Crippen LogP contribution in [0, 0.1) is 0 Å². The molecular weight excluding hydrogens is 291 g/mol. The summed E-state index contributed by atoms with van der Waals surface area (Å²) >= 11 is 0. The van der Waals surface area contributed by atoms with Crippen LogP contribution in [-0.4, -0.2) is 35.1 Å². The Hall–Kier alpha value is -1.97. The molecule has 0 amide bonds. The second-order valence-corrected chi connectivity index (χ2v) is 7.09. The molecule has 24 heavy (non-hydrogen) atoms. The van der Waals surface area contributed by atoms with Crippen molar-refractivity contribution in [3.05, 3.63) is 73.0 Å². The quantitative estimate of drug-likeness (QED) is 0.675. The maximum absolute atomic E-state index is 4.24. The lowest BCUT2D eigenvalue weighted by atomic mass is 9.37. The lowest BCUT2D eigenvalue weighted by Gasteiger charge is -2.57. The second kappa shape index (κ2) is 7.29. The highest BCUT2D eigenvalue weighted by atomic mass is 15.3. The molecule has 0 bridgehead atoms. The van der Waals surface area contributed by atoms with Gasteiger partial charge in [0.25, 0.3) is 0 Å². The molecule has 0 saturated carbocycles. The maximum atomic E-state index is 4.24. The first-order valence-electron chi connectivity index (χ1n) is 8.21. The van der Waals surface area contributed by atoms with Gasteiger partial charge in [-0.15, -0.1) is 19.7 Å². The standard InChI is InChI=1S/C18H30B3N3/c1-13(2)19-22(16(7)8)20(14(3)4)24(18(11)12)21(15(5)6)23(19)17(9)10/h1,3,5,7,9,11H2,2,4,6,8,10,12H3. The van der Waals surface area contributed by atoms with E-state index in [4.69, 9.17) is 0 Å². The topological polar surface area (TPSA) is 9.72 Å². The minimum absolute atomic E-state index is 0.0565. The highest BCUT2D eigenvalue weighted by Crippen LogP contribution is 2.34. The Balaban J connectivity index is 3.77. The fourth-order valence-corrected chi connectivity index (χ4v) is 3.48. The zero-order chi connectivity index (χ0) is 18.9. The Morgan fingerprint density at radius 1 is 0.458 bits per heavy atom. The summed E-state index contributed by atoms with van der Waals surface area (Å²) in [5.41, 5.74) is 5.94. The van der Waals surface area contributed by atoms with E-state index in [1.165, 1.54) is 0 Å². The molecule has 3 nitrogen and oxygen atoms in total. The van der Waals surface area contributed by atoms with E-state index in [9.17, 15) is 0 Å². The first-order valence-corrected chi connectivity index (χ1v) is 8.21. The molecule has 1 heterocycles. The SMILES string of the molecule is C=C(C)B1N(C(=C)C)B(C(=C)C)N(C(=C)C)B(C(=C)C)N1C(=C)C. The van der Waals surface area contributed by atoms with Crippen LogP contribution in [0.15, 0.2) is 73.0 Å². The van der Waals surface area contributed by atoms with E-state index in [0.717, 1.165) is 33.5 Å². The Labute approximate surface area is 150 Å². The molecule has 1 aliphatic rings. The molecule has 0 aliphatic carbocycles. The van der Waals surface area contributed by atoms with Crippen molar-refractivity contribution in [1.29, 1.82) is 0 Å². The minimum atomic E-state index is -0.0565. The summed E-state index contributed by atoms with van der Waals surface area (Å²) < 4.78 is 6.73. The monoisotopic (exact) mass is 321 g/mol. The highest BCUT2D eigenvalue weighted by molar-refractivity contribution is 6.93. The normalized spacial score (nSPS) is 14.8. The molecule has 126 valence electrons. The van der Waals surface area contributed by atoms with E-state index in [1.807, 2.05) is 41.5 Å². The fourth-order valence-electron chi connectivity index (χ4n) is 3.48. The average Bonchev–Trinajstić information content (AvgIpc) is 2.42. The maximum Gasteiger partial charge on any atom is 0.383 e. The lowest BCUT2D eigenvalue weighted by molar-refractivity contribution is 0.559. The predicted molar refractivity (Wildman–Crippen MR) is 112 cm³/mol. The van der Waals surface area contributed by atoms with E-state index in [0.29, 0.717) is 0 Å². The van der Waals surface area contributed by atoms with Crippen molar-refractivity contribution in [1.82, 2.24) is 14.2 Å². The van der Waals surface area contributed by atoms with Crippen LogP contribution in [-0.2, 0) is 0 Å². The number of nitrogens with zero attached hydrogens (tertiary/aromatic N) is 3. The van der Waals surface area contributed by atoms with Crippen molar-refractivity contribution in [2.45, 2.75) is 41.5 Å². The molecule has 1 saturated heterocycles. The Kier molecular flexibility index (Phi) is 6.10. The second-order valence-electron chi connectivity index (χ2n) is 7.09. The summed E-state index contributed by atoms with van der Waals surface area (Å²) in [7, 11) is 0. The van der Waals surface area contributed by atoms with Crippen LogP contribution in [0.4, 0.5) is 0 Å². The number of allylic oxidation sites excluding steroid dienone is 6. The summed E-state index contributed by atoms with van der Waals surface area (Å²) in [6.07, 6.45) is 0. The van der Waals surface area contributed by atoms with Gasteiger partial charge < -0.3 is 14.2 Å². The summed E-state index contributed by atoms with van der Waals surface area (Å²) in [6.45, 7) is 37.3. The molecule has 0 aromatic heterocycles. The van der Waals surface area contributed by atoms with E-state index in [2.05, 4.69) is 53.6 Å². The van der Waals surface area contributed by atoms with Crippen molar-refractivity contribution in [2.75, 3.05) is 0 Å². The average molecular weight is 321 g/mol. The fraction of sp³-hybridized carbons (Fsp3) is 0.333. The van der Waals surface area contributed by atoms with Gasteiger partial charge in [-0.25, -0.2) is 0 Å². The van der Waals surface area contributed by atoms with Gasteiger partial charge >= 0.3 is 20.9 Å². The Morgan fingerprint density at radius 3 is 0.708 bits per heavy atom. The number of hydrogen-bond acceptors (Lipinski definition) is 3. The largest absolute Gasteiger partial charge is 0.421 e. The Bertz CT molecular complexity index is 471. The molecule has 1 aliphatic heterocycles. The third kappa shape index (κ3) is 3.43. The minimum Gasteiger partial charge on any atom is -0.421 e. The molecule has 0 aromatic carbocycles. The summed E-state index contributed by atoms with van der Waals surface area (Å²) in [5, 5.41) is 0. The molecule has 0 radical (unpaired) electrons. The molecule has 0 unspecified atom stereocenters. The van der Waals surface area contributed by atoms with Crippen LogP contribution in [0.2, 0.25) is 0 Å². The van der Waals surface area contributed by atoms with Crippen LogP contribution in [0.25, 0.3) is 0 Å². The van der Waals surface area contributed by atoms with Gasteiger partial charge in [-0.3, -0.25) is 0 Å². The van der Waals surface area contributed by atoms with Crippen molar-refractivity contribution < 1.29 is 0 Å². The molecule has 1 fully saturated rings. The van der Waals surface area contributed by atoms with Gasteiger partial charge in [0.05, 0.1) is 0 Å². The van der Waals surface area contributed by atoms with Gasteiger partial charge in [0, 0.05) is 0 Å². The van der Waals surface area contributed by atoms with Gasteiger partial charge in [-0.1, -0.05) is 36.2 Å². The number of hydrogen-bond donors (Lipinski definition) is 0. The zero-order valence-corrected chi connectivity index (χ0v) is 16.3. The summed E-state index contributed by atoms with van der Waals surface area (Å²) in [5.74, 6) is 0. The van der Waals surface area contributed by atoms with Gasteiger partial charge in [0.1, 0.15) is 0 Å². The lowest BCUT2D eigenvalue weighted by Crippen LogP contribution is -2.76. The van der Waals surface area contributed by atoms with Crippen molar-refractivity contribution in [3.8, 4) is 0 Å². The zero-order valence-electron chi connectivity index (χ0n) is 16.3.